The molecule has 0 aliphatic heterocycles. The minimum absolute atomic E-state index is 0.0995. The van der Waals surface area contributed by atoms with E-state index in [9.17, 15) is 8.78 Å². The fraction of sp³-hybridized carbons (Fsp3) is 0.0769. The highest BCUT2D eigenvalue weighted by molar-refractivity contribution is 7.10. The number of rotatable bonds is 3. The summed E-state index contributed by atoms with van der Waals surface area (Å²) < 4.78 is 26.1. The van der Waals surface area contributed by atoms with Gasteiger partial charge in [0.05, 0.1) is 5.69 Å². The molecule has 0 unspecified atom stereocenters. The molecule has 0 radical (unpaired) electrons. The molecule has 1 N–H and O–H groups in total. The summed E-state index contributed by atoms with van der Waals surface area (Å²) in [6.45, 7) is 1.82. The second kappa shape index (κ2) is 5.59. The Morgan fingerprint density at radius 1 is 1.47 bits per heavy atom. The Morgan fingerprint density at radius 2 is 2.26 bits per heavy atom. The Bertz CT molecular complexity index is 671. The first-order valence-corrected chi connectivity index (χ1v) is 6.22. The summed E-state index contributed by atoms with van der Waals surface area (Å²) >= 11 is 1.33. The van der Waals surface area contributed by atoms with Gasteiger partial charge in [-0.1, -0.05) is 0 Å². The van der Waals surface area contributed by atoms with Crippen LogP contribution in [0.5, 0.6) is 0 Å². The first-order valence-electron chi connectivity index (χ1n) is 5.34. The van der Waals surface area contributed by atoms with Crippen molar-refractivity contribution in [1.29, 1.82) is 5.26 Å². The lowest BCUT2D eigenvalue weighted by molar-refractivity contribution is 0.586. The molecular weight excluding hydrogens is 268 g/mol. The molecule has 0 aliphatic carbocycles. The van der Waals surface area contributed by atoms with Crippen molar-refractivity contribution < 1.29 is 8.78 Å². The van der Waals surface area contributed by atoms with Gasteiger partial charge in [-0.2, -0.15) is 5.26 Å². The van der Waals surface area contributed by atoms with Crippen molar-refractivity contribution in [2.75, 3.05) is 5.32 Å². The number of thiazole rings is 1. The van der Waals surface area contributed by atoms with Gasteiger partial charge in [-0.25, -0.2) is 13.8 Å². The molecule has 96 valence electrons. The quantitative estimate of drug-likeness (QED) is 0.870. The van der Waals surface area contributed by atoms with Crippen LogP contribution in [-0.2, 0) is 0 Å². The first-order chi connectivity index (χ1) is 9.10. The van der Waals surface area contributed by atoms with E-state index in [1.807, 2.05) is 18.4 Å². The van der Waals surface area contributed by atoms with Crippen LogP contribution in [-0.4, -0.2) is 4.98 Å². The van der Waals surface area contributed by atoms with E-state index in [4.69, 9.17) is 5.26 Å². The van der Waals surface area contributed by atoms with E-state index in [-0.39, 0.29) is 5.69 Å². The molecule has 6 heteroatoms. The van der Waals surface area contributed by atoms with Gasteiger partial charge in [0.15, 0.2) is 0 Å². The lowest BCUT2D eigenvalue weighted by atomic mass is 10.3. The van der Waals surface area contributed by atoms with Gasteiger partial charge in [0.25, 0.3) is 0 Å². The third kappa shape index (κ3) is 3.14. The molecule has 0 fully saturated rings. The predicted octanol–water partition coefficient (Wildman–Crippen LogP) is 3.71. The Balaban J connectivity index is 2.23. The summed E-state index contributed by atoms with van der Waals surface area (Å²) in [6.07, 6.45) is 1.36. The van der Waals surface area contributed by atoms with E-state index in [2.05, 4.69) is 10.3 Å². The monoisotopic (exact) mass is 277 g/mol. The molecule has 0 atom stereocenters. The number of nitrogens with zero attached hydrogens (tertiary/aromatic N) is 2. The Labute approximate surface area is 112 Å². The van der Waals surface area contributed by atoms with E-state index in [0.29, 0.717) is 10.6 Å². The van der Waals surface area contributed by atoms with Gasteiger partial charge in [-0.15, -0.1) is 11.3 Å². The number of aryl methyl sites for hydroxylation is 1. The van der Waals surface area contributed by atoms with E-state index >= 15 is 0 Å². The lowest BCUT2D eigenvalue weighted by Gasteiger charge is -2.03. The maximum Gasteiger partial charge on any atom is 0.149 e. The summed E-state index contributed by atoms with van der Waals surface area (Å²) in [6, 6.07) is 5.16. The normalized spacial score (nSPS) is 11.2. The topological polar surface area (TPSA) is 48.7 Å². The molecule has 1 aromatic heterocycles. The summed E-state index contributed by atoms with van der Waals surface area (Å²) in [4.78, 5) is 4.16. The third-order valence-corrected chi connectivity index (χ3v) is 3.27. The lowest BCUT2D eigenvalue weighted by Crippen LogP contribution is -1.94. The van der Waals surface area contributed by atoms with E-state index in [0.717, 1.165) is 17.8 Å². The van der Waals surface area contributed by atoms with Crippen molar-refractivity contribution in [2.45, 2.75) is 6.92 Å². The zero-order valence-electron chi connectivity index (χ0n) is 9.95. The van der Waals surface area contributed by atoms with Crippen LogP contribution in [0.15, 0.2) is 29.8 Å². The van der Waals surface area contributed by atoms with Crippen LogP contribution in [0.3, 0.4) is 0 Å². The molecule has 2 aromatic rings. The van der Waals surface area contributed by atoms with E-state index in [1.54, 1.807) is 0 Å². The maximum atomic E-state index is 13.4. The minimum atomic E-state index is -0.719. The molecule has 0 saturated heterocycles. The smallest absolute Gasteiger partial charge is 0.149 e. The molecule has 2 rings (SSSR count). The van der Waals surface area contributed by atoms with Gasteiger partial charge >= 0.3 is 0 Å². The van der Waals surface area contributed by atoms with Gasteiger partial charge in [-0.05, 0) is 19.1 Å². The average molecular weight is 277 g/mol. The molecule has 0 saturated carbocycles. The second-order valence-corrected chi connectivity index (χ2v) is 4.59. The van der Waals surface area contributed by atoms with E-state index < -0.39 is 11.6 Å². The summed E-state index contributed by atoms with van der Waals surface area (Å²) in [7, 11) is 0. The molecule has 1 heterocycles. The predicted molar refractivity (Wildman–Crippen MR) is 70.4 cm³/mol. The first kappa shape index (κ1) is 13.2. The van der Waals surface area contributed by atoms with Crippen LogP contribution in [0.25, 0.3) is 5.57 Å². The fourth-order valence-electron chi connectivity index (χ4n) is 1.38. The van der Waals surface area contributed by atoms with Crippen molar-refractivity contribution in [3.8, 4) is 6.07 Å². The molecule has 3 nitrogen and oxygen atoms in total. The highest BCUT2D eigenvalue weighted by Gasteiger charge is 2.06. The van der Waals surface area contributed by atoms with Gasteiger partial charge in [0.1, 0.15) is 28.3 Å². The van der Waals surface area contributed by atoms with Crippen molar-refractivity contribution in [3.05, 3.63) is 52.1 Å². The van der Waals surface area contributed by atoms with Gasteiger partial charge in [0.2, 0.25) is 0 Å². The van der Waals surface area contributed by atoms with Crippen LogP contribution >= 0.6 is 11.3 Å². The van der Waals surface area contributed by atoms with Crippen molar-refractivity contribution in [1.82, 2.24) is 4.98 Å². The number of anilines is 1. The highest BCUT2D eigenvalue weighted by atomic mass is 32.1. The molecule has 0 amide bonds. The summed E-state index contributed by atoms with van der Waals surface area (Å²) in [5.41, 5.74) is 1.21. The van der Waals surface area contributed by atoms with Crippen molar-refractivity contribution >= 4 is 22.6 Å². The maximum absolute atomic E-state index is 13.4. The van der Waals surface area contributed by atoms with Crippen LogP contribution in [0.1, 0.15) is 10.7 Å². The van der Waals surface area contributed by atoms with Crippen LogP contribution in [0, 0.1) is 29.9 Å². The van der Waals surface area contributed by atoms with Gasteiger partial charge in [0, 0.05) is 23.3 Å². The zero-order valence-corrected chi connectivity index (χ0v) is 10.8. The standard InChI is InChI=1S/C13H9F2N3S/c1-8-7-19-13(18-8)9(5-16)6-17-12-3-2-10(14)4-11(12)15/h2-4,6-7,17H,1H3/b9-6+. The van der Waals surface area contributed by atoms with Crippen molar-refractivity contribution in [2.24, 2.45) is 0 Å². The van der Waals surface area contributed by atoms with Crippen LogP contribution in [0.4, 0.5) is 14.5 Å². The number of hydrogen-bond acceptors (Lipinski definition) is 4. The largest absolute Gasteiger partial charge is 0.358 e. The van der Waals surface area contributed by atoms with E-state index in [1.165, 1.54) is 23.6 Å². The molecule has 19 heavy (non-hydrogen) atoms. The molecule has 0 bridgehead atoms. The molecule has 1 aromatic carbocycles. The average Bonchev–Trinajstić information content (AvgIpc) is 2.79. The minimum Gasteiger partial charge on any atom is -0.358 e. The number of benzene rings is 1. The molecular formula is C13H9F2N3S. The summed E-state index contributed by atoms with van der Waals surface area (Å²) in [5, 5.41) is 14.0. The second-order valence-electron chi connectivity index (χ2n) is 3.73. The molecule has 0 aliphatic rings. The number of nitriles is 1. The van der Waals surface area contributed by atoms with Gasteiger partial charge < -0.3 is 5.32 Å². The Morgan fingerprint density at radius 3 is 2.84 bits per heavy atom. The number of halogens is 2. The van der Waals surface area contributed by atoms with Crippen LogP contribution < -0.4 is 5.32 Å². The number of nitrogens with one attached hydrogen (secondary N) is 1. The Hall–Kier alpha value is -2.26. The molecule has 0 spiro atoms. The Kier molecular flexibility index (Phi) is 3.88. The highest BCUT2D eigenvalue weighted by Crippen LogP contribution is 2.20. The van der Waals surface area contributed by atoms with Crippen LogP contribution in [0.2, 0.25) is 0 Å². The van der Waals surface area contributed by atoms with Gasteiger partial charge in [-0.3, -0.25) is 0 Å². The number of hydrogen-bond donors (Lipinski definition) is 1. The number of aromatic nitrogens is 1. The van der Waals surface area contributed by atoms with Crippen molar-refractivity contribution in [3.63, 3.8) is 0 Å². The third-order valence-electron chi connectivity index (χ3n) is 2.27. The SMILES string of the molecule is Cc1csc(/C(C#N)=C/Nc2ccc(F)cc2F)n1. The number of allylic oxidation sites excluding steroid dienone is 1. The fourth-order valence-corrected chi connectivity index (χ4v) is 2.14. The zero-order chi connectivity index (χ0) is 13.8. The summed E-state index contributed by atoms with van der Waals surface area (Å²) in [5.74, 6) is -1.37.